The second-order valence-corrected chi connectivity index (χ2v) is 6.90. The van der Waals surface area contributed by atoms with Crippen molar-refractivity contribution in [3.05, 3.63) is 71.9 Å². The third-order valence-corrected chi connectivity index (χ3v) is 5.05. The number of ether oxygens (including phenoxy) is 1. The molecule has 4 nitrogen and oxygen atoms in total. The van der Waals surface area contributed by atoms with Gasteiger partial charge < -0.3 is 10.1 Å². The van der Waals surface area contributed by atoms with Gasteiger partial charge in [-0.15, -0.1) is 0 Å². The highest BCUT2D eigenvalue weighted by molar-refractivity contribution is 5.61. The normalized spacial score (nSPS) is 15.1. The molecule has 0 amide bonds. The van der Waals surface area contributed by atoms with Crippen molar-refractivity contribution in [1.29, 1.82) is 0 Å². The third-order valence-electron chi connectivity index (χ3n) is 5.05. The molecule has 0 atom stereocenters. The topological polar surface area (TPSA) is 39.1 Å². The first kappa shape index (κ1) is 16.9. The highest BCUT2D eigenvalue weighted by atomic mass is 16.5. The van der Waals surface area contributed by atoms with E-state index in [0.29, 0.717) is 12.5 Å². The molecule has 0 aliphatic carbocycles. The largest absolute Gasteiger partial charge is 0.489 e. The molecule has 1 N–H and O–H groups in total. The van der Waals surface area contributed by atoms with Crippen molar-refractivity contribution in [2.24, 2.45) is 7.05 Å². The van der Waals surface area contributed by atoms with Crippen LogP contribution in [0, 0.1) is 0 Å². The smallest absolute Gasteiger partial charge is 0.119 e. The molecule has 1 saturated heterocycles. The van der Waals surface area contributed by atoms with E-state index in [-0.39, 0.29) is 0 Å². The molecule has 1 aliphatic heterocycles. The lowest BCUT2D eigenvalue weighted by Gasteiger charge is -2.20. The Kier molecular flexibility index (Phi) is 5.02. The fourth-order valence-corrected chi connectivity index (χ4v) is 3.54. The van der Waals surface area contributed by atoms with E-state index in [0.717, 1.165) is 24.5 Å². The van der Waals surface area contributed by atoms with Crippen LogP contribution >= 0.6 is 0 Å². The van der Waals surface area contributed by atoms with Gasteiger partial charge in [-0.1, -0.05) is 30.3 Å². The SMILES string of the molecule is Cn1nc(C2CCNCC2)cc1-c1ccc(OCc2ccccc2)cc1. The van der Waals surface area contributed by atoms with Crippen molar-refractivity contribution in [3.8, 4) is 17.0 Å². The molecule has 0 spiro atoms. The van der Waals surface area contributed by atoms with Crippen molar-refractivity contribution in [3.63, 3.8) is 0 Å². The van der Waals surface area contributed by atoms with Crippen LogP contribution < -0.4 is 10.1 Å². The van der Waals surface area contributed by atoms with E-state index in [1.54, 1.807) is 0 Å². The van der Waals surface area contributed by atoms with Gasteiger partial charge in [0.15, 0.2) is 0 Å². The first-order chi connectivity index (χ1) is 12.8. The van der Waals surface area contributed by atoms with E-state index in [2.05, 4.69) is 35.6 Å². The van der Waals surface area contributed by atoms with Crippen LogP contribution in [0.25, 0.3) is 11.3 Å². The second-order valence-electron chi connectivity index (χ2n) is 6.90. The van der Waals surface area contributed by atoms with Gasteiger partial charge in [0.05, 0.1) is 11.4 Å². The summed E-state index contributed by atoms with van der Waals surface area (Å²) in [5.74, 6) is 1.46. The summed E-state index contributed by atoms with van der Waals surface area (Å²) in [6.07, 6.45) is 2.34. The number of nitrogens with zero attached hydrogens (tertiary/aromatic N) is 2. The molecule has 3 aromatic rings. The van der Waals surface area contributed by atoms with Crippen molar-refractivity contribution < 1.29 is 4.74 Å². The number of aromatic nitrogens is 2. The van der Waals surface area contributed by atoms with Gasteiger partial charge in [0.1, 0.15) is 12.4 Å². The van der Waals surface area contributed by atoms with Gasteiger partial charge in [0.2, 0.25) is 0 Å². The van der Waals surface area contributed by atoms with Gasteiger partial charge in [-0.25, -0.2) is 0 Å². The van der Waals surface area contributed by atoms with E-state index < -0.39 is 0 Å². The number of aryl methyl sites for hydroxylation is 1. The highest BCUT2D eigenvalue weighted by Crippen LogP contribution is 2.29. The Hall–Kier alpha value is -2.59. The summed E-state index contributed by atoms with van der Waals surface area (Å²) >= 11 is 0. The number of piperidine rings is 1. The second kappa shape index (κ2) is 7.75. The average molecular weight is 347 g/mol. The molecule has 1 aliphatic rings. The van der Waals surface area contributed by atoms with E-state index in [4.69, 9.17) is 9.84 Å². The van der Waals surface area contributed by atoms with Gasteiger partial charge in [0, 0.05) is 18.5 Å². The van der Waals surface area contributed by atoms with Gasteiger partial charge >= 0.3 is 0 Å². The van der Waals surface area contributed by atoms with E-state index in [9.17, 15) is 0 Å². The molecule has 4 heteroatoms. The Labute approximate surface area is 154 Å². The number of rotatable bonds is 5. The van der Waals surface area contributed by atoms with Crippen LogP contribution in [0.5, 0.6) is 5.75 Å². The molecule has 4 rings (SSSR count). The Morgan fingerprint density at radius 2 is 1.77 bits per heavy atom. The maximum absolute atomic E-state index is 5.88. The maximum Gasteiger partial charge on any atom is 0.119 e. The summed E-state index contributed by atoms with van der Waals surface area (Å²) in [6.45, 7) is 2.76. The Bertz CT molecular complexity index is 834. The zero-order chi connectivity index (χ0) is 17.8. The highest BCUT2D eigenvalue weighted by Gasteiger charge is 2.19. The van der Waals surface area contributed by atoms with Gasteiger partial charge in [-0.2, -0.15) is 5.10 Å². The maximum atomic E-state index is 5.88. The Morgan fingerprint density at radius 1 is 1.04 bits per heavy atom. The minimum atomic E-state index is 0.574. The lowest BCUT2D eigenvalue weighted by Crippen LogP contribution is -2.26. The number of nitrogens with one attached hydrogen (secondary N) is 1. The first-order valence-electron chi connectivity index (χ1n) is 9.31. The van der Waals surface area contributed by atoms with Crippen molar-refractivity contribution in [2.75, 3.05) is 13.1 Å². The molecule has 1 aromatic heterocycles. The summed E-state index contributed by atoms with van der Waals surface area (Å²) in [5, 5.41) is 8.19. The lowest BCUT2D eigenvalue weighted by atomic mass is 9.94. The van der Waals surface area contributed by atoms with E-state index in [1.165, 1.54) is 29.7 Å². The average Bonchev–Trinajstić information content (AvgIpc) is 3.10. The van der Waals surface area contributed by atoms with Crippen LogP contribution in [0.2, 0.25) is 0 Å². The van der Waals surface area contributed by atoms with Crippen LogP contribution in [-0.2, 0) is 13.7 Å². The zero-order valence-corrected chi connectivity index (χ0v) is 15.2. The minimum absolute atomic E-state index is 0.574. The van der Waals surface area contributed by atoms with Gasteiger partial charge in [0.25, 0.3) is 0 Å². The van der Waals surface area contributed by atoms with Crippen molar-refractivity contribution in [1.82, 2.24) is 15.1 Å². The van der Waals surface area contributed by atoms with E-state index in [1.807, 2.05) is 42.1 Å². The quantitative estimate of drug-likeness (QED) is 0.754. The van der Waals surface area contributed by atoms with Crippen LogP contribution in [0.4, 0.5) is 0 Å². The van der Waals surface area contributed by atoms with Crippen LogP contribution in [-0.4, -0.2) is 22.9 Å². The third kappa shape index (κ3) is 3.81. The minimum Gasteiger partial charge on any atom is -0.489 e. The van der Waals surface area contributed by atoms with E-state index >= 15 is 0 Å². The number of benzene rings is 2. The standard InChI is InChI=1S/C22H25N3O/c1-25-22(15-21(24-25)18-11-13-23-14-12-18)19-7-9-20(10-8-19)26-16-17-5-3-2-4-6-17/h2-10,15,18,23H,11-14,16H2,1H3. The summed E-state index contributed by atoms with van der Waals surface area (Å²) in [4.78, 5) is 0. The van der Waals surface area contributed by atoms with Crippen molar-refractivity contribution >= 4 is 0 Å². The molecule has 2 heterocycles. The summed E-state index contributed by atoms with van der Waals surface area (Å²) in [6, 6.07) is 20.8. The number of hydrogen-bond donors (Lipinski definition) is 1. The predicted octanol–water partition coefficient (Wildman–Crippen LogP) is 4.13. The van der Waals surface area contributed by atoms with Crippen LogP contribution in [0.1, 0.15) is 30.0 Å². The van der Waals surface area contributed by atoms with Crippen LogP contribution in [0.3, 0.4) is 0 Å². The molecular weight excluding hydrogens is 322 g/mol. The summed E-state index contributed by atoms with van der Waals surface area (Å²) in [7, 11) is 2.03. The number of hydrogen-bond acceptors (Lipinski definition) is 3. The Morgan fingerprint density at radius 3 is 2.50 bits per heavy atom. The molecule has 1 fully saturated rings. The molecule has 0 radical (unpaired) electrons. The van der Waals surface area contributed by atoms with Crippen LogP contribution in [0.15, 0.2) is 60.7 Å². The molecule has 134 valence electrons. The summed E-state index contributed by atoms with van der Waals surface area (Å²) < 4.78 is 7.88. The predicted molar refractivity (Wildman–Crippen MR) is 104 cm³/mol. The monoisotopic (exact) mass is 347 g/mol. The van der Waals surface area contributed by atoms with Gasteiger partial charge in [-0.3, -0.25) is 4.68 Å². The van der Waals surface area contributed by atoms with Crippen molar-refractivity contribution in [2.45, 2.75) is 25.4 Å². The fraction of sp³-hybridized carbons (Fsp3) is 0.318. The zero-order valence-electron chi connectivity index (χ0n) is 15.2. The molecule has 0 unspecified atom stereocenters. The lowest BCUT2D eigenvalue weighted by molar-refractivity contribution is 0.306. The molecule has 0 bridgehead atoms. The molecule has 2 aromatic carbocycles. The molecule has 26 heavy (non-hydrogen) atoms. The first-order valence-corrected chi connectivity index (χ1v) is 9.31. The summed E-state index contributed by atoms with van der Waals surface area (Å²) in [5.41, 5.74) is 4.73. The fourth-order valence-electron chi connectivity index (χ4n) is 3.54. The Balaban J connectivity index is 1.45. The van der Waals surface area contributed by atoms with Gasteiger partial charge in [-0.05, 0) is 61.8 Å². The molecule has 0 saturated carbocycles. The molecular formula is C22H25N3O.